The summed E-state index contributed by atoms with van der Waals surface area (Å²) in [6, 6.07) is 17.0. The zero-order chi connectivity index (χ0) is 17.1. The van der Waals surface area contributed by atoms with E-state index in [4.69, 9.17) is 4.74 Å². The van der Waals surface area contributed by atoms with Gasteiger partial charge in [-0.15, -0.1) is 0 Å². The molecular weight excluding hydrogens is 436 g/mol. The molecule has 0 atom stereocenters. The molecule has 0 aromatic heterocycles. The largest absolute Gasteiger partial charge is 0.496 e. The Morgan fingerprint density at radius 3 is 2.46 bits per heavy atom. The molecule has 24 heavy (non-hydrogen) atoms. The third-order valence-electron chi connectivity index (χ3n) is 3.55. The van der Waals surface area contributed by atoms with Crippen LogP contribution in [-0.4, -0.2) is 13.0 Å². The molecule has 0 heterocycles. The van der Waals surface area contributed by atoms with Crippen molar-refractivity contribution >= 4 is 54.2 Å². The predicted octanol–water partition coefficient (Wildman–Crippen LogP) is 5.13. The molecule has 3 aromatic carbocycles. The molecule has 0 unspecified atom stereocenters. The van der Waals surface area contributed by atoms with Gasteiger partial charge in [0.25, 0.3) is 5.91 Å². The fourth-order valence-corrected chi connectivity index (χ4v) is 3.38. The van der Waals surface area contributed by atoms with Gasteiger partial charge < -0.3 is 4.74 Å². The van der Waals surface area contributed by atoms with Crippen LogP contribution in [0.1, 0.15) is 10.4 Å². The van der Waals surface area contributed by atoms with Crippen LogP contribution in [0.3, 0.4) is 0 Å². The molecule has 3 aromatic rings. The second kappa shape index (κ2) is 7.23. The van der Waals surface area contributed by atoms with E-state index >= 15 is 0 Å². The van der Waals surface area contributed by atoms with Gasteiger partial charge in [0.05, 0.1) is 18.4 Å². The molecule has 6 heteroatoms. The van der Waals surface area contributed by atoms with E-state index in [1.54, 1.807) is 13.2 Å². The molecule has 0 saturated carbocycles. The summed E-state index contributed by atoms with van der Waals surface area (Å²) < 4.78 is 7.12. The van der Waals surface area contributed by atoms with Crippen molar-refractivity contribution in [3.8, 4) is 5.75 Å². The predicted molar refractivity (Wildman–Crippen MR) is 103 cm³/mol. The standard InChI is InChI=1S/C18H14Br2N2O2/c1-24-16-10-15(17(20)13-8-7-11(19)9-14(13)16)18(23)22-21-12-5-3-2-4-6-12/h2-10,21H,1H3,(H,22,23). The number of hydrogen-bond donors (Lipinski definition) is 2. The monoisotopic (exact) mass is 448 g/mol. The van der Waals surface area contributed by atoms with E-state index in [9.17, 15) is 4.79 Å². The SMILES string of the molecule is COc1cc(C(=O)NNc2ccccc2)c(Br)c2ccc(Br)cc12. The number of benzene rings is 3. The summed E-state index contributed by atoms with van der Waals surface area (Å²) in [6.07, 6.45) is 0. The number of carbonyl (C=O) groups is 1. The number of ether oxygens (including phenoxy) is 1. The molecule has 122 valence electrons. The van der Waals surface area contributed by atoms with Gasteiger partial charge in [0.1, 0.15) is 5.75 Å². The Morgan fingerprint density at radius 1 is 1.00 bits per heavy atom. The quantitative estimate of drug-likeness (QED) is 0.543. The molecule has 0 aliphatic carbocycles. The fraction of sp³-hybridized carbons (Fsp3) is 0.0556. The zero-order valence-electron chi connectivity index (χ0n) is 12.8. The molecule has 3 rings (SSSR count). The summed E-state index contributed by atoms with van der Waals surface area (Å²) in [6.45, 7) is 0. The van der Waals surface area contributed by atoms with Gasteiger partial charge in [0.2, 0.25) is 0 Å². The number of para-hydroxylation sites is 1. The number of nitrogens with one attached hydrogen (secondary N) is 2. The second-order valence-corrected chi connectivity index (χ2v) is 6.78. The van der Waals surface area contributed by atoms with E-state index in [1.165, 1.54) is 0 Å². The highest BCUT2D eigenvalue weighted by Gasteiger charge is 2.16. The molecule has 0 aliphatic heterocycles. The van der Waals surface area contributed by atoms with Crippen molar-refractivity contribution in [1.82, 2.24) is 5.43 Å². The number of hydrazine groups is 1. The molecule has 0 aliphatic rings. The van der Waals surface area contributed by atoms with Crippen LogP contribution in [0, 0.1) is 0 Å². The highest BCUT2D eigenvalue weighted by molar-refractivity contribution is 9.11. The van der Waals surface area contributed by atoms with Crippen LogP contribution in [-0.2, 0) is 0 Å². The smallest absolute Gasteiger partial charge is 0.270 e. The number of amides is 1. The minimum Gasteiger partial charge on any atom is -0.496 e. The first-order valence-electron chi connectivity index (χ1n) is 7.17. The Balaban J connectivity index is 1.95. The average Bonchev–Trinajstić information content (AvgIpc) is 2.61. The van der Waals surface area contributed by atoms with Crippen molar-refractivity contribution in [1.29, 1.82) is 0 Å². The van der Waals surface area contributed by atoms with Crippen LogP contribution in [0.2, 0.25) is 0 Å². The van der Waals surface area contributed by atoms with E-state index in [0.717, 1.165) is 25.4 Å². The van der Waals surface area contributed by atoms with Crippen molar-refractivity contribution in [3.05, 3.63) is 69.1 Å². The lowest BCUT2D eigenvalue weighted by Gasteiger charge is -2.14. The van der Waals surface area contributed by atoms with Crippen molar-refractivity contribution in [2.75, 3.05) is 12.5 Å². The molecule has 0 bridgehead atoms. The van der Waals surface area contributed by atoms with Gasteiger partial charge in [-0.25, -0.2) is 0 Å². The Bertz CT molecular complexity index is 898. The Hall–Kier alpha value is -2.05. The summed E-state index contributed by atoms with van der Waals surface area (Å²) in [5.74, 6) is 0.383. The van der Waals surface area contributed by atoms with Crippen molar-refractivity contribution in [3.63, 3.8) is 0 Å². The summed E-state index contributed by atoms with van der Waals surface area (Å²) in [7, 11) is 1.59. The van der Waals surface area contributed by atoms with Crippen molar-refractivity contribution < 1.29 is 9.53 Å². The van der Waals surface area contributed by atoms with Crippen LogP contribution in [0.5, 0.6) is 5.75 Å². The van der Waals surface area contributed by atoms with E-state index in [0.29, 0.717) is 11.3 Å². The van der Waals surface area contributed by atoms with Gasteiger partial charge in [-0.3, -0.25) is 15.6 Å². The Labute approximate surface area is 156 Å². The minimum absolute atomic E-state index is 0.256. The minimum atomic E-state index is -0.256. The Morgan fingerprint density at radius 2 is 1.75 bits per heavy atom. The van der Waals surface area contributed by atoms with Crippen LogP contribution in [0.4, 0.5) is 5.69 Å². The molecule has 0 spiro atoms. The number of hydrogen-bond acceptors (Lipinski definition) is 3. The van der Waals surface area contributed by atoms with Crippen LogP contribution < -0.4 is 15.6 Å². The maximum absolute atomic E-state index is 12.5. The van der Waals surface area contributed by atoms with Gasteiger partial charge in [-0.2, -0.15) is 0 Å². The lowest BCUT2D eigenvalue weighted by atomic mass is 10.1. The van der Waals surface area contributed by atoms with Gasteiger partial charge in [-0.1, -0.05) is 40.2 Å². The number of halogens is 2. The number of carbonyl (C=O) groups excluding carboxylic acids is 1. The van der Waals surface area contributed by atoms with Gasteiger partial charge in [0, 0.05) is 19.7 Å². The van der Waals surface area contributed by atoms with Gasteiger partial charge in [0.15, 0.2) is 0 Å². The molecule has 2 N–H and O–H groups in total. The number of anilines is 1. The van der Waals surface area contributed by atoms with Crippen LogP contribution in [0.25, 0.3) is 10.8 Å². The third-order valence-corrected chi connectivity index (χ3v) is 4.90. The zero-order valence-corrected chi connectivity index (χ0v) is 15.9. The van der Waals surface area contributed by atoms with E-state index in [1.807, 2.05) is 48.5 Å². The average molecular weight is 450 g/mol. The van der Waals surface area contributed by atoms with E-state index in [2.05, 4.69) is 42.7 Å². The first kappa shape index (κ1) is 16.8. The van der Waals surface area contributed by atoms with E-state index < -0.39 is 0 Å². The van der Waals surface area contributed by atoms with Crippen LogP contribution in [0.15, 0.2) is 63.5 Å². The molecule has 0 radical (unpaired) electrons. The summed E-state index contributed by atoms with van der Waals surface area (Å²) in [5.41, 5.74) is 6.89. The lowest BCUT2D eigenvalue weighted by molar-refractivity contribution is 0.0961. The van der Waals surface area contributed by atoms with Gasteiger partial charge in [-0.05, 0) is 46.3 Å². The normalized spacial score (nSPS) is 10.5. The van der Waals surface area contributed by atoms with Crippen LogP contribution >= 0.6 is 31.9 Å². The lowest BCUT2D eigenvalue weighted by Crippen LogP contribution is -2.29. The number of fused-ring (bicyclic) bond motifs is 1. The Kier molecular flexibility index (Phi) is 5.06. The maximum atomic E-state index is 12.5. The molecule has 0 saturated heterocycles. The summed E-state index contributed by atoms with van der Waals surface area (Å²) in [5, 5.41) is 1.83. The second-order valence-electron chi connectivity index (χ2n) is 5.08. The first-order valence-corrected chi connectivity index (χ1v) is 8.76. The third kappa shape index (κ3) is 3.39. The van der Waals surface area contributed by atoms with Gasteiger partial charge >= 0.3 is 0 Å². The fourth-order valence-electron chi connectivity index (χ4n) is 2.38. The highest BCUT2D eigenvalue weighted by atomic mass is 79.9. The summed E-state index contributed by atoms with van der Waals surface area (Å²) >= 11 is 7.00. The maximum Gasteiger partial charge on any atom is 0.270 e. The molecule has 4 nitrogen and oxygen atoms in total. The van der Waals surface area contributed by atoms with Crippen molar-refractivity contribution in [2.45, 2.75) is 0 Å². The topological polar surface area (TPSA) is 50.4 Å². The van der Waals surface area contributed by atoms with Crippen molar-refractivity contribution in [2.24, 2.45) is 0 Å². The molecule has 1 amide bonds. The first-order chi connectivity index (χ1) is 11.6. The van der Waals surface area contributed by atoms with E-state index in [-0.39, 0.29) is 5.91 Å². The molecular formula is C18H14Br2N2O2. The number of rotatable bonds is 4. The molecule has 0 fully saturated rings. The summed E-state index contributed by atoms with van der Waals surface area (Å²) in [4.78, 5) is 12.5. The number of methoxy groups -OCH3 is 1. The highest BCUT2D eigenvalue weighted by Crippen LogP contribution is 2.36.